The minimum atomic E-state index is -1.74. The van der Waals surface area contributed by atoms with Crippen molar-refractivity contribution in [2.75, 3.05) is 0 Å². The molecule has 1 rings (SSSR count). The number of benzene rings is 1. The summed E-state index contributed by atoms with van der Waals surface area (Å²) >= 11 is 17.5. The van der Waals surface area contributed by atoms with Crippen LogP contribution in [-0.2, 0) is 4.79 Å². The average Bonchev–Trinajstić information content (AvgIpc) is 2.38. The minimum Gasteiger partial charge on any atom is -0.466 e. The van der Waals surface area contributed by atoms with E-state index >= 15 is 0 Å². The van der Waals surface area contributed by atoms with Crippen LogP contribution >= 0.6 is 34.8 Å². The number of para-hydroxylation sites is 1. The van der Waals surface area contributed by atoms with Gasteiger partial charge >= 0.3 is 0 Å². The molecular weight excluding hydrogens is 321 g/mol. The second-order valence-corrected chi connectivity index (χ2v) is 6.75. The Morgan fingerprint density at radius 2 is 1.90 bits per heavy atom. The van der Waals surface area contributed by atoms with Gasteiger partial charge in [0.25, 0.3) is 0 Å². The molecule has 0 saturated carbocycles. The van der Waals surface area contributed by atoms with E-state index in [2.05, 4.69) is 12.2 Å². The highest BCUT2D eigenvalue weighted by Gasteiger charge is 2.36. The van der Waals surface area contributed by atoms with Gasteiger partial charge < -0.3 is 10.1 Å². The zero-order chi connectivity index (χ0) is 15.0. The van der Waals surface area contributed by atoms with Gasteiger partial charge in [-0.2, -0.15) is 0 Å². The maximum Gasteiger partial charge on any atom is 0.246 e. The first kappa shape index (κ1) is 17.4. The van der Waals surface area contributed by atoms with Crippen molar-refractivity contribution in [3.05, 3.63) is 30.3 Å². The second-order valence-electron chi connectivity index (χ2n) is 4.38. The van der Waals surface area contributed by atoms with Gasteiger partial charge in [0, 0.05) is 6.42 Å². The highest BCUT2D eigenvalue weighted by atomic mass is 35.6. The van der Waals surface area contributed by atoms with Crippen LogP contribution in [0.4, 0.5) is 0 Å². The third-order valence-corrected chi connectivity index (χ3v) is 3.19. The van der Waals surface area contributed by atoms with Crippen molar-refractivity contribution in [2.24, 2.45) is 0 Å². The summed E-state index contributed by atoms with van der Waals surface area (Å²) in [6.45, 7) is 2.07. The van der Waals surface area contributed by atoms with Crippen LogP contribution in [0.5, 0.6) is 5.75 Å². The molecule has 112 valence electrons. The fourth-order valence-corrected chi connectivity index (χ4v) is 1.86. The van der Waals surface area contributed by atoms with Gasteiger partial charge in [-0.1, -0.05) is 72.8 Å². The monoisotopic (exact) mass is 337 g/mol. The molecule has 1 N–H and O–H groups in total. The molecule has 1 aromatic rings. The highest BCUT2D eigenvalue weighted by Crippen LogP contribution is 2.32. The summed E-state index contributed by atoms with van der Waals surface area (Å²) in [6, 6.07) is 8.90. The predicted octanol–water partition coefficient (Wildman–Crippen LogP) is 4.46. The number of unbranched alkanes of at least 4 members (excludes halogenated alkanes) is 2. The van der Waals surface area contributed by atoms with Crippen LogP contribution < -0.4 is 10.1 Å². The SMILES string of the molecule is CCCCCC(=O)N[C@@H](Oc1ccccc1)C(Cl)(Cl)Cl. The predicted molar refractivity (Wildman–Crippen MR) is 83.4 cm³/mol. The lowest BCUT2D eigenvalue weighted by molar-refractivity contribution is -0.123. The van der Waals surface area contributed by atoms with Crippen LogP contribution in [-0.4, -0.2) is 15.9 Å². The Hall–Kier alpha value is -0.640. The molecule has 0 saturated heterocycles. The molecule has 0 aliphatic rings. The van der Waals surface area contributed by atoms with Crippen molar-refractivity contribution >= 4 is 40.7 Å². The van der Waals surface area contributed by atoms with Crippen molar-refractivity contribution in [3.8, 4) is 5.75 Å². The van der Waals surface area contributed by atoms with E-state index in [0.29, 0.717) is 12.2 Å². The van der Waals surface area contributed by atoms with E-state index in [1.54, 1.807) is 24.3 Å². The van der Waals surface area contributed by atoms with Crippen LogP contribution in [0.25, 0.3) is 0 Å². The summed E-state index contributed by atoms with van der Waals surface area (Å²) in [5.41, 5.74) is 0. The normalized spacial score (nSPS) is 12.8. The van der Waals surface area contributed by atoms with Gasteiger partial charge in [0.2, 0.25) is 15.9 Å². The highest BCUT2D eigenvalue weighted by molar-refractivity contribution is 6.68. The summed E-state index contributed by atoms with van der Waals surface area (Å²) in [4.78, 5) is 11.8. The molecule has 3 nitrogen and oxygen atoms in total. The molecule has 0 aromatic heterocycles. The van der Waals surface area contributed by atoms with E-state index in [1.807, 2.05) is 6.07 Å². The summed E-state index contributed by atoms with van der Waals surface area (Å²) in [5.74, 6) is 0.336. The summed E-state index contributed by atoms with van der Waals surface area (Å²) < 4.78 is 3.79. The third-order valence-electron chi connectivity index (χ3n) is 2.59. The van der Waals surface area contributed by atoms with E-state index in [9.17, 15) is 4.79 Å². The third kappa shape index (κ3) is 6.69. The van der Waals surface area contributed by atoms with E-state index < -0.39 is 10.0 Å². The summed E-state index contributed by atoms with van der Waals surface area (Å²) in [7, 11) is 0. The molecule has 0 aliphatic heterocycles. The molecule has 1 aromatic carbocycles. The van der Waals surface area contributed by atoms with Crippen LogP contribution in [0.1, 0.15) is 32.6 Å². The Balaban J connectivity index is 2.59. The number of halogens is 3. The van der Waals surface area contributed by atoms with Crippen molar-refractivity contribution in [1.82, 2.24) is 5.32 Å². The van der Waals surface area contributed by atoms with Gasteiger partial charge in [-0.3, -0.25) is 4.79 Å². The molecule has 0 spiro atoms. The molecule has 0 bridgehead atoms. The fourth-order valence-electron chi connectivity index (χ4n) is 1.57. The first-order valence-corrected chi connectivity index (χ1v) is 7.64. The number of alkyl halides is 3. The van der Waals surface area contributed by atoms with Gasteiger partial charge in [-0.25, -0.2) is 0 Å². The Kier molecular flexibility index (Phi) is 7.49. The quantitative estimate of drug-likeness (QED) is 0.453. The molecule has 20 heavy (non-hydrogen) atoms. The fraction of sp³-hybridized carbons (Fsp3) is 0.500. The van der Waals surface area contributed by atoms with E-state index in [0.717, 1.165) is 19.3 Å². The molecule has 0 heterocycles. The number of carbonyl (C=O) groups is 1. The molecule has 0 unspecified atom stereocenters. The molecular formula is C14H18Cl3NO2. The number of amides is 1. The number of hydrogen-bond acceptors (Lipinski definition) is 2. The summed E-state index contributed by atoms with van der Waals surface area (Å²) in [6.07, 6.45) is 2.21. The Morgan fingerprint density at radius 3 is 2.45 bits per heavy atom. The van der Waals surface area contributed by atoms with E-state index in [-0.39, 0.29) is 5.91 Å². The largest absolute Gasteiger partial charge is 0.466 e. The van der Waals surface area contributed by atoms with E-state index in [4.69, 9.17) is 39.5 Å². The van der Waals surface area contributed by atoms with Gasteiger partial charge in [0.05, 0.1) is 0 Å². The lowest BCUT2D eigenvalue weighted by atomic mass is 10.2. The molecule has 0 radical (unpaired) electrons. The first-order valence-electron chi connectivity index (χ1n) is 6.51. The Morgan fingerprint density at radius 1 is 1.25 bits per heavy atom. The average molecular weight is 339 g/mol. The standard InChI is InChI=1S/C14H18Cl3NO2/c1-2-3-5-10-12(19)18-13(14(15,16)17)20-11-8-6-4-7-9-11/h4,6-9,13H,2-3,5,10H2,1H3,(H,18,19)/t13-/m0/s1. The van der Waals surface area contributed by atoms with Gasteiger partial charge in [0.15, 0.2) is 0 Å². The number of nitrogens with one attached hydrogen (secondary N) is 1. The van der Waals surface area contributed by atoms with Gasteiger partial charge in [-0.05, 0) is 18.6 Å². The smallest absolute Gasteiger partial charge is 0.246 e. The number of carbonyl (C=O) groups excluding carboxylic acids is 1. The number of hydrogen-bond donors (Lipinski definition) is 1. The second kappa shape index (κ2) is 8.60. The van der Waals surface area contributed by atoms with Crippen LogP contribution in [0.15, 0.2) is 30.3 Å². The Labute approximate surface area is 134 Å². The molecule has 1 amide bonds. The molecule has 0 fully saturated rings. The van der Waals surface area contributed by atoms with Crippen molar-refractivity contribution in [1.29, 1.82) is 0 Å². The molecule has 6 heteroatoms. The van der Waals surface area contributed by atoms with Crippen LogP contribution in [0, 0.1) is 0 Å². The molecule has 1 atom stereocenters. The number of rotatable bonds is 7. The zero-order valence-corrected chi connectivity index (χ0v) is 13.5. The van der Waals surface area contributed by atoms with Crippen molar-refractivity contribution in [2.45, 2.75) is 42.6 Å². The van der Waals surface area contributed by atoms with E-state index in [1.165, 1.54) is 0 Å². The maximum atomic E-state index is 11.8. The molecule has 0 aliphatic carbocycles. The van der Waals surface area contributed by atoms with Crippen molar-refractivity contribution in [3.63, 3.8) is 0 Å². The lowest BCUT2D eigenvalue weighted by Crippen LogP contribution is -2.47. The van der Waals surface area contributed by atoms with Crippen LogP contribution in [0.2, 0.25) is 0 Å². The minimum absolute atomic E-state index is 0.189. The summed E-state index contributed by atoms with van der Waals surface area (Å²) in [5, 5.41) is 2.61. The zero-order valence-electron chi connectivity index (χ0n) is 11.2. The number of ether oxygens (including phenoxy) is 1. The Bertz CT molecular complexity index is 407. The first-order chi connectivity index (χ1) is 9.43. The topological polar surface area (TPSA) is 38.3 Å². The van der Waals surface area contributed by atoms with Gasteiger partial charge in [-0.15, -0.1) is 0 Å². The van der Waals surface area contributed by atoms with Crippen LogP contribution in [0.3, 0.4) is 0 Å². The van der Waals surface area contributed by atoms with Gasteiger partial charge in [0.1, 0.15) is 5.75 Å². The lowest BCUT2D eigenvalue weighted by Gasteiger charge is -2.26. The maximum absolute atomic E-state index is 11.8. The van der Waals surface area contributed by atoms with Crippen molar-refractivity contribution < 1.29 is 9.53 Å².